The monoisotopic (exact) mass is 277 g/mol. The molecule has 100 valence electrons. The maximum Gasteiger partial charge on any atom is 0.251 e. The van der Waals surface area contributed by atoms with E-state index in [1.807, 2.05) is 0 Å². The number of carbonyl (C=O) groups is 1. The van der Waals surface area contributed by atoms with Crippen LogP contribution in [0.5, 0.6) is 0 Å². The molecular formula is C15H16ClNO2. The van der Waals surface area contributed by atoms with Gasteiger partial charge in [0.1, 0.15) is 6.61 Å². The van der Waals surface area contributed by atoms with Crippen LogP contribution in [0.15, 0.2) is 18.2 Å². The summed E-state index contributed by atoms with van der Waals surface area (Å²) in [4.78, 5) is 12.0. The summed E-state index contributed by atoms with van der Waals surface area (Å²) in [7, 11) is 0. The number of halogens is 1. The second-order valence-corrected chi connectivity index (χ2v) is 5.78. The second-order valence-electron chi connectivity index (χ2n) is 5.37. The Balaban J connectivity index is 2.09. The molecule has 1 aromatic carbocycles. The highest BCUT2D eigenvalue weighted by atomic mass is 35.5. The molecule has 1 aliphatic carbocycles. The molecule has 1 amide bonds. The van der Waals surface area contributed by atoms with Crippen molar-refractivity contribution in [2.45, 2.75) is 26.3 Å². The third-order valence-electron chi connectivity index (χ3n) is 3.35. The minimum absolute atomic E-state index is 0.112. The van der Waals surface area contributed by atoms with E-state index in [1.165, 1.54) is 0 Å². The normalized spacial score (nSPS) is 19.3. The zero-order valence-corrected chi connectivity index (χ0v) is 11.7. The first-order valence-electron chi connectivity index (χ1n) is 6.14. The molecule has 2 rings (SSSR count). The molecule has 1 fully saturated rings. The van der Waals surface area contributed by atoms with Crippen LogP contribution < -0.4 is 5.32 Å². The molecule has 1 aromatic rings. The fraction of sp³-hybridized carbons (Fsp3) is 0.400. The fourth-order valence-corrected chi connectivity index (χ4v) is 2.08. The molecule has 0 heterocycles. The number of hydrogen-bond acceptors (Lipinski definition) is 2. The van der Waals surface area contributed by atoms with E-state index in [0.717, 1.165) is 6.42 Å². The van der Waals surface area contributed by atoms with Crippen molar-refractivity contribution in [3.63, 3.8) is 0 Å². The Morgan fingerprint density at radius 1 is 1.58 bits per heavy atom. The average Bonchev–Trinajstić information content (AvgIpc) is 2.94. The van der Waals surface area contributed by atoms with E-state index in [0.29, 0.717) is 16.1 Å². The molecule has 0 radical (unpaired) electrons. The molecule has 0 aromatic heterocycles. The molecule has 1 unspecified atom stereocenters. The molecule has 1 aliphatic rings. The molecular weight excluding hydrogens is 262 g/mol. The number of rotatable bonds is 2. The predicted octanol–water partition coefficient (Wildman–Crippen LogP) is 2.21. The fourth-order valence-electron chi connectivity index (χ4n) is 1.85. The quantitative estimate of drug-likeness (QED) is 0.815. The maximum atomic E-state index is 12.0. The van der Waals surface area contributed by atoms with Crippen molar-refractivity contribution < 1.29 is 9.90 Å². The highest BCUT2D eigenvalue weighted by Crippen LogP contribution is 2.44. The van der Waals surface area contributed by atoms with Gasteiger partial charge in [0.2, 0.25) is 0 Å². The first-order chi connectivity index (χ1) is 8.94. The number of carbonyl (C=O) groups excluding carboxylic acids is 1. The largest absolute Gasteiger partial charge is 0.384 e. The number of nitrogens with one attached hydrogen (secondary N) is 1. The zero-order chi connectivity index (χ0) is 14.0. The Kier molecular flexibility index (Phi) is 3.84. The maximum absolute atomic E-state index is 12.0. The molecule has 4 heteroatoms. The van der Waals surface area contributed by atoms with Crippen LogP contribution in [0, 0.1) is 17.3 Å². The van der Waals surface area contributed by atoms with Gasteiger partial charge < -0.3 is 10.4 Å². The lowest BCUT2D eigenvalue weighted by atomic mass is 10.1. The van der Waals surface area contributed by atoms with E-state index in [4.69, 9.17) is 16.7 Å². The number of hydrogen-bond donors (Lipinski definition) is 2. The Morgan fingerprint density at radius 2 is 2.26 bits per heavy atom. The number of aliphatic hydroxyl groups excluding tert-OH is 1. The first kappa shape index (κ1) is 13.9. The van der Waals surface area contributed by atoms with Gasteiger partial charge >= 0.3 is 0 Å². The summed E-state index contributed by atoms with van der Waals surface area (Å²) in [5, 5.41) is 12.0. The molecule has 1 atom stereocenters. The Morgan fingerprint density at radius 3 is 2.79 bits per heavy atom. The van der Waals surface area contributed by atoms with Crippen LogP contribution >= 0.6 is 11.6 Å². The van der Waals surface area contributed by atoms with Crippen molar-refractivity contribution in [1.29, 1.82) is 0 Å². The third-order valence-corrected chi connectivity index (χ3v) is 3.66. The van der Waals surface area contributed by atoms with Gasteiger partial charge in [0, 0.05) is 17.2 Å². The minimum atomic E-state index is -0.213. The van der Waals surface area contributed by atoms with E-state index in [9.17, 15) is 4.79 Å². The summed E-state index contributed by atoms with van der Waals surface area (Å²) < 4.78 is 0. The Labute approximate surface area is 118 Å². The lowest BCUT2D eigenvalue weighted by Gasteiger charge is -2.07. The predicted molar refractivity (Wildman–Crippen MR) is 75.1 cm³/mol. The van der Waals surface area contributed by atoms with Gasteiger partial charge in [-0.15, -0.1) is 0 Å². The van der Waals surface area contributed by atoms with Crippen molar-refractivity contribution in [3.8, 4) is 11.8 Å². The minimum Gasteiger partial charge on any atom is -0.384 e. The van der Waals surface area contributed by atoms with Crippen molar-refractivity contribution in [2.24, 2.45) is 5.41 Å². The van der Waals surface area contributed by atoms with Crippen molar-refractivity contribution >= 4 is 17.5 Å². The average molecular weight is 278 g/mol. The third kappa shape index (κ3) is 3.28. The van der Waals surface area contributed by atoms with Crippen LogP contribution in [0.3, 0.4) is 0 Å². The number of aliphatic hydroxyl groups is 1. The smallest absolute Gasteiger partial charge is 0.251 e. The summed E-state index contributed by atoms with van der Waals surface area (Å²) >= 11 is 6.05. The van der Waals surface area contributed by atoms with Crippen LogP contribution in [-0.2, 0) is 0 Å². The van der Waals surface area contributed by atoms with Crippen molar-refractivity contribution in [3.05, 3.63) is 34.3 Å². The molecule has 0 saturated heterocycles. The van der Waals surface area contributed by atoms with E-state index >= 15 is 0 Å². The molecule has 3 nitrogen and oxygen atoms in total. The zero-order valence-electron chi connectivity index (χ0n) is 11.0. The van der Waals surface area contributed by atoms with Gasteiger partial charge in [0.15, 0.2) is 0 Å². The standard InChI is InChI=1S/C15H16ClNO2/c1-15(2)9-13(15)17-14(19)11-6-5-10(4-3-7-18)12(16)8-11/h5-6,8,13,18H,7,9H2,1-2H3,(H,17,19). The summed E-state index contributed by atoms with van der Waals surface area (Å²) in [6.07, 6.45) is 1.01. The van der Waals surface area contributed by atoms with Gasteiger partial charge in [-0.3, -0.25) is 4.79 Å². The SMILES string of the molecule is CC1(C)CC1NC(=O)c1ccc(C#CCO)c(Cl)c1. The summed E-state index contributed by atoms with van der Waals surface area (Å²) in [6.45, 7) is 4.03. The van der Waals surface area contributed by atoms with Gasteiger partial charge in [-0.1, -0.05) is 37.3 Å². The van der Waals surface area contributed by atoms with Gasteiger partial charge in [-0.25, -0.2) is 0 Å². The van der Waals surface area contributed by atoms with Crippen LogP contribution in [0.25, 0.3) is 0 Å². The molecule has 2 N–H and O–H groups in total. The van der Waals surface area contributed by atoms with Crippen LogP contribution in [-0.4, -0.2) is 23.7 Å². The second kappa shape index (κ2) is 5.24. The number of benzene rings is 1. The van der Waals surface area contributed by atoms with Gasteiger partial charge in [0.25, 0.3) is 5.91 Å². The molecule has 1 saturated carbocycles. The van der Waals surface area contributed by atoms with Gasteiger partial charge in [-0.2, -0.15) is 0 Å². The van der Waals surface area contributed by atoms with E-state index < -0.39 is 0 Å². The van der Waals surface area contributed by atoms with Crippen LogP contribution in [0.4, 0.5) is 0 Å². The van der Waals surface area contributed by atoms with E-state index in [2.05, 4.69) is 31.0 Å². The topological polar surface area (TPSA) is 49.3 Å². The molecule has 0 spiro atoms. The summed E-state index contributed by atoms with van der Waals surface area (Å²) in [5.41, 5.74) is 1.34. The highest BCUT2D eigenvalue weighted by molar-refractivity contribution is 6.32. The van der Waals surface area contributed by atoms with Gasteiger partial charge in [0.05, 0.1) is 5.02 Å². The lowest BCUT2D eigenvalue weighted by Crippen LogP contribution is -2.28. The summed E-state index contributed by atoms with van der Waals surface area (Å²) in [5.74, 6) is 5.15. The van der Waals surface area contributed by atoms with Crippen molar-refractivity contribution in [1.82, 2.24) is 5.32 Å². The van der Waals surface area contributed by atoms with E-state index in [1.54, 1.807) is 18.2 Å². The van der Waals surface area contributed by atoms with Crippen LogP contribution in [0.2, 0.25) is 5.02 Å². The number of amides is 1. The highest BCUT2D eigenvalue weighted by Gasteiger charge is 2.46. The lowest BCUT2D eigenvalue weighted by molar-refractivity contribution is 0.0946. The Bertz CT molecular complexity index is 569. The van der Waals surface area contributed by atoms with Crippen LogP contribution in [0.1, 0.15) is 36.2 Å². The first-order valence-corrected chi connectivity index (χ1v) is 6.52. The van der Waals surface area contributed by atoms with Crippen molar-refractivity contribution in [2.75, 3.05) is 6.61 Å². The molecule has 0 aliphatic heterocycles. The molecule has 0 bridgehead atoms. The summed E-state index contributed by atoms with van der Waals surface area (Å²) in [6, 6.07) is 5.23. The van der Waals surface area contributed by atoms with E-state index in [-0.39, 0.29) is 24.0 Å². The molecule has 19 heavy (non-hydrogen) atoms. The Hall–Kier alpha value is -1.50. The van der Waals surface area contributed by atoms with Gasteiger partial charge in [-0.05, 0) is 30.0 Å².